The van der Waals surface area contributed by atoms with Crippen LogP contribution in [0.1, 0.15) is 23.7 Å². The number of thioether (sulfide) groups is 1. The van der Waals surface area contributed by atoms with E-state index in [4.69, 9.17) is 11.5 Å². The summed E-state index contributed by atoms with van der Waals surface area (Å²) in [5, 5.41) is -0.0631. The molecule has 0 saturated carbocycles. The van der Waals surface area contributed by atoms with Gasteiger partial charge in [0.25, 0.3) is 0 Å². The van der Waals surface area contributed by atoms with E-state index in [0.29, 0.717) is 5.16 Å². The van der Waals surface area contributed by atoms with Crippen molar-refractivity contribution in [3.63, 3.8) is 0 Å². The van der Waals surface area contributed by atoms with Gasteiger partial charge in [0, 0.05) is 13.1 Å². The van der Waals surface area contributed by atoms with Crippen molar-refractivity contribution in [2.45, 2.75) is 23.2 Å². The monoisotopic (exact) mass is 330 g/mol. The van der Waals surface area contributed by atoms with Crippen molar-refractivity contribution >= 4 is 29.6 Å². The van der Waals surface area contributed by atoms with Crippen LogP contribution in [0.5, 0.6) is 0 Å². The Hall–Kier alpha value is -2.35. The lowest BCUT2D eigenvalue weighted by Gasteiger charge is -2.22. The number of benzene rings is 1. The minimum Gasteiger partial charge on any atom is -0.368 e. The molecule has 1 atom stereocenters. The van der Waals surface area contributed by atoms with Crippen molar-refractivity contribution in [1.29, 1.82) is 0 Å². The first-order valence-corrected chi connectivity index (χ1v) is 8.29. The van der Waals surface area contributed by atoms with Crippen LogP contribution >= 0.6 is 11.8 Å². The van der Waals surface area contributed by atoms with Gasteiger partial charge >= 0.3 is 0 Å². The van der Waals surface area contributed by atoms with Crippen molar-refractivity contribution < 1.29 is 4.79 Å². The first kappa shape index (κ1) is 15.5. The third-order valence-corrected chi connectivity index (χ3v) is 4.72. The molecule has 1 fully saturated rings. The predicted octanol–water partition coefficient (Wildman–Crippen LogP) is 1.49. The van der Waals surface area contributed by atoms with Gasteiger partial charge in [0.1, 0.15) is 5.25 Å². The molecule has 1 aliphatic heterocycles. The Bertz CT molecular complexity index is 669. The van der Waals surface area contributed by atoms with Gasteiger partial charge in [0.05, 0.1) is 0 Å². The number of amides is 1. The summed E-state index contributed by atoms with van der Waals surface area (Å²) < 4.78 is 0. The summed E-state index contributed by atoms with van der Waals surface area (Å²) in [6, 6.07) is 9.61. The van der Waals surface area contributed by atoms with Gasteiger partial charge in [-0.25, -0.2) is 0 Å². The highest BCUT2D eigenvalue weighted by atomic mass is 32.2. The maximum Gasteiger partial charge on any atom is 0.240 e. The molecule has 8 heteroatoms. The van der Waals surface area contributed by atoms with Gasteiger partial charge in [-0.3, -0.25) is 4.79 Å². The fraction of sp³-hybridized carbons (Fsp3) is 0.333. The Balaban J connectivity index is 1.90. The van der Waals surface area contributed by atoms with Gasteiger partial charge in [0.15, 0.2) is 5.16 Å². The SMILES string of the molecule is Nc1nc(N)nc(SC(C(=O)N2CCCC2)c2ccccc2)n1. The topological polar surface area (TPSA) is 111 Å². The van der Waals surface area contributed by atoms with E-state index in [1.165, 1.54) is 11.8 Å². The molecule has 120 valence electrons. The van der Waals surface area contributed by atoms with Gasteiger partial charge < -0.3 is 16.4 Å². The normalized spacial score (nSPS) is 15.6. The summed E-state index contributed by atoms with van der Waals surface area (Å²) in [6.45, 7) is 1.59. The number of rotatable bonds is 4. The summed E-state index contributed by atoms with van der Waals surface area (Å²) in [5.74, 6) is 0.178. The Morgan fingerprint density at radius 2 is 1.65 bits per heavy atom. The van der Waals surface area contributed by atoms with E-state index in [1.54, 1.807) is 0 Å². The Morgan fingerprint density at radius 1 is 1.04 bits per heavy atom. The first-order valence-electron chi connectivity index (χ1n) is 7.41. The molecule has 0 spiro atoms. The first-order chi connectivity index (χ1) is 11.1. The smallest absolute Gasteiger partial charge is 0.240 e. The van der Waals surface area contributed by atoms with Gasteiger partial charge in [-0.1, -0.05) is 42.1 Å². The van der Waals surface area contributed by atoms with Gasteiger partial charge in [-0.15, -0.1) is 0 Å². The van der Waals surface area contributed by atoms with Crippen molar-refractivity contribution in [3.05, 3.63) is 35.9 Å². The Morgan fingerprint density at radius 3 is 2.26 bits per heavy atom. The molecule has 23 heavy (non-hydrogen) atoms. The lowest BCUT2D eigenvalue weighted by Crippen LogP contribution is -2.31. The molecule has 2 heterocycles. The fourth-order valence-electron chi connectivity index (χ4n) is 2.54. The van der Waals surface area contributed by atoms with Crippen LogP contribution in [0.4, 0.5) is 11.9 Å². The molecular formula is C15H18N6OS. The zero-order valence-electron chi connectivity index (χ0n) is 12.6. The van der Waals surface area contributed by atoms with Crippen LogP contribution in [-0.2, 0) is 4.79 Å². The molecule has 0 bridgehead atoms. The predicted molar refractivity (Wildman–Crippen MR) is 89.5 cm³/mol. The van der Waals surface area contributed by atoms with Crippen LogP contribution in [0, 0.1) is 0 Å². The second-order valence-electron chi connectivity index (χ2n) is 5.28. The van der Waals surface area contributed by atoms with E-state index in [1.807, 2.05) is 35.2 Å². The summed E-state index contributed by atoms with van der Waals surface area (Å²) in [4.78, 5) is 26.7. The zero-order chi connectivity index (χ0) is 16.2. The van der Waals surface area contributed by atoms with Crippen molar-refractivity contribution in [2.24, 2.45) is 0 Å². The fourth-order valence-corrected chi connectivity index (χ4v) is 3.59. The number of nitrogen functional groups attached to an aromatic ring is 2. The van der Waals surface area contributed by atoms with E-state index >= 15 is 0 Å². The number of nitrogens with two attached hydrogens (primary N) is 2. The average molecular weight is 330 g/mol. The molecule has 7 nitrogen and oxygen atoms in total. The summed E-state index contributed by atoms with van der Waals surface area (Å²) >= 11 is 1.25. The summed E-state index contributed by atoms with van der Waals surface area (Å²) in [6.07, 6.45) is 2.09. The third kappa shape index (κ3) is 3.70. The quantitative estimate of drug-likeness (QED) is 0.817. The molecule has 1 unspecified atom stereocenters. The number of anilines is 2. The molecule has 1 saturated heterocycles. The highest BCUT2D eigenvalue weighted by molar-refractivity contribution is 8.00. The van der Waals surface area contributed by atoms with Crippen LogP contribution in [0.2, 0.25) is 0 Å². The van der Waals surface area contributed by atoms with Crippen LogP contribution in [0.25, 0.3) is 0 Å². The molecule has 1 aliphatic rings. The van der Waals surface area contributed by atoms with E-state index in [2.05, 4.69) is 15.0 Å². The van der Waals surface area contributed by atoms with Crippen molar-refractivity contribution in [3.8, 4) is 0 Å². The largest absolute Gasteiger partial charge is 0.368 e. The molecular weight excluding hydrogens is 312 g/mol. The Labute approximate surface area is 138 Å². The second-order valence-corrected chi connectivity index (χ2v) is 6.35. The van der Waals surface area contributed by atoms with E-state index < -0.39 is 5.25 Å². The van der Waals surface area contributed by atoms with Gasteiger partial charge in [0.2, 0.25) is 17.8 Å². The number of hydrogen-bond donors (Lipinski definition) is 2. The third-order valence-electron chi connectivity index (χ3n) is 3.62. The minimum absolute atomic E-state index is 0.0560. The standard InChI is InChI=1S/C15H18N6OS/c16-13-18-14(17)20-15(19-13)23-11(10-6-2-1-3-7-10)12(22)21-8-4-5-9-21/h1-3,6-7,11H,4-5,8-9H2,(H4,16,17,18,19,20). The molecule has 0 radical (unpaired) electrons. The Kier molecular flexibility index (Phi) is 4.61. The van der Waals surface area contributed by atoms with Crippen molar-refractivity contribution in [2.75, 3.05) is 24.6 Å². The number of carbonyl (C=O) groups is 1. The molecule has 1 aromatic heterocycles. The molecule has 1 aromatic carbocycles. The average Bonchev–Trinajstić information content (AvgIpc) is 3.06. The lowest BCUT2D eigenvalue weighted by atomic mass is 10.1. The number of nitrogens with zero attached hydrogens (tertiary/aromatic N) is 4. The van der Waals surface area contributed by atoms with Crippen LogP contribution < -0.4 is 11.5 Å². The molecule has 3 rings (SSSR count). The van der Waals surface area contributed by atoms with E-state index in [0.717, 1.165) is 31.5 Å². The summed E-state index contributed by atoms with van der Waals surface area (Å²) in [5.41, 5.74) is 12.2. The van der Waals surface area contributed by atoms with Crippen LogP contribution in [-0.4, -0.2) is 38.8 Å². The highest BCUT2D eigenvalue weighted by Crippen LogP contribution is 2.36. The van der Waals surface area contributed by atoms with Crippen LogP contribution in [0.15, 0.2) is 35.5 Å². The number of carbonyl (C=O) groups excluding carboxylic acids is 1. The maximum absolute atomic E-state index is 12.9. The van der Waals surface area contributed by atoms with E-state index in [-0.39, 0.29) is 17.8 Å². The zero-order valence-corrected chi connectivity index (χ0v) is 13.4. The minimum atomic E-state index is -0.421. The molecule has 1 amide bonds. The maximum atomic E-state index is 12.9. The van der Waals surface area contributed by atoms with Crippen molar-refractivity contribution in [1.82, 2.24) is 19.9 Å². The number of aromatic nitrogens is 3. The van der Waals surface area contributed by atoms with Crippen LogP contribution in [0.3, 0.4) is 0 Å². The lowest BCUT2D eigenvalue weighted by molar-refractivity contribution is -0.129. The highest BCUT2D eigenvalue weighted by Gasteiger charge is 2.29. The van der Waals surface area contributed by atoms with E-state index in [9.17, 15) is 4.79 Å². The molecule has 2 aromatic rings. The van der Waals surface area contributed by atoms with Gasteiger partial charge in [-0.2, -0.15) is 15.0 Å². The number of hydrogen-bond acceptors (Lipinski definition) is 7. The number of likely N-dealkylation sites (tertiary alicyclic amines) is 1. The van der Waals surface area contributed by atoms with Gasteiger partial charge in [-0.05, 0) is 18.4 Å². The molecule has 0 aliphatic carbocycles. The summed E-state index contributed by atoms with van der Waals surface area (Å²) in [7, 11) is 0. The second kappa shape index (κ2) is 6.82. The molecule has 4 N–H and O–H groups in total.